The molecule has 92 valence electrons. The summed E-state index contributed by atoms with van der Waals surface area (Å²) >= 11 is 0. The van der Waals surface area contributed by atoms with Crippen LogP contribution >= 0.6 is 0 Å². The maximum absolute atomic E-state index is 12.2. The van der Waals surface area contributed by atoms with E-state index < -0.39 is 0 Å². The number of Topliss-reactive ketones (excluding diaryl/α,β-unsaturated/α-hetero) is 1. The summed E-state index contributed by atoms with van der Waals surface area (Å²) in [6.45, 7) is 0. The van der Waals surface area contributed by atoms with Gasteiger partial charge >= 0.3 is 0 Å². The summed E-state index contributed by atoms with van der Waals surface area (Å²) < 4.78 is 0. The van der Waals surface area contributed by atoms with E-state index in [9.17, 15) is 4.79 Å². The summed E-state index contributed by atoms with van der Waals surface area (Å²) in [5, 5.41) is 9.15. The molecule has 0 radical (unpaired) electrons. The molecule has 1 aliphatic carbocycles. The number of carbonyl (C=O) groups excluding carboxylic acids is 1. The Kier molecular flexibility index (Phi) is 4.30. The highest BCUT2D eigenvalue weighted by Crippen LogP contribution is 2.27. The van der Waals surface area contributed by atoms with Gasteiger partial charge < -0.3 is 0 Å². The van der Waals surface area contributed by atoms with Crippen LogP contribution in [-0.2, 0) is 4.79 Å². The minimum atomic E-state index is 0.0288. The van der Waals surface area contributed by atoms with Crippen molar-refractivity contribution >= 4 is 11.9 Å². The van der Waals surface area contributed by atoms with Crippen LogP contribution in [0.5, 0.6) is 0 Å². The monoisotopic (exact) mass is 239 g/mol. The summed E-state index contributed by atoms with van der Waals surface area (Å²) in [5.41, 5.74) is 1.21. The average Bonchev–Trinajstić information content (AvgIpc) is 2.46. The fraction of sp³-hybridized carbons (Fsp3) is 0.375. The van der Waals surface area contributed by atoms with E-state index in [1.165, 1.54) is 6.42 Å². The number of nitrogens with zero attached hydrogens (tertiary/aromatic N) is 1. The number of benzene rings is 1. The first-order valence-corrected chi connectivity index (χ1v) is 6.52. The third-order valence-corrected chi connectivity index (χ3v) is 3.47. The first-order chi connectivity index (χ1) is 8.81. The molecule has 1 aromatic rings. The van der Waals surface area contributed by atoms with Gasteiger partial charge in [-0.05, 0) is 24.5 Å². The van der Waals surface area contributed by atoms with Crippen LogP contribution in [0.4, 0.5) is 0 Å². The fourth-order valence-corrected chi connectivity index (χ4v) is 2.46. The maximum Gasteiger partial charge on any atom is 0.176 e. The number of hydrogen-bond donors (Lipinski definition) is 0. The Morgan fingerprint density at radius 1 is 1.17 bits per heavy atom. The highest BCUT2D eigenvalue weighted by atomic mass is 16.1. The Hall–Kier alpha value is -1.88. The van der Waals surface area contributed by atoms with Crippen molar-refractivity contribution in [3.8, 4) is 6.07 Å². The summed E-state index contributed by atoms with van der Waals surface area (Å²) in [4.78, 5) is 12.2. The molecule has 0 atom stereocenters. The standard InChI is InChI=1S/C16H17NO/c17-12-15(11-13-7-3-1-4-8-13)16(18)14-9-5-2-6-10-14/h1,3-4,7-8,11,14H,2,5-6,9-10H2. The van der Waals surface area contributed by atoms with Gasteiger partial charge in [-0.15, -0.1) is 0 Å². The fourth-order valence-electron chi connectivity index (χ4n) is 2.46. The molecule has 2 nitrogen and oxygen atoms in total. The summed E-state index contributed by atoms with van der Waals surface area (Å²) in [6.07, 6.45) is 7.02. The lowest BCUT2D eigenvalue weighted by Crippen LogP contribution is -2.18. The van der Waals surface area contributed by atoms with Crippen molar-refractivity contribution in [3.05, 3.63) is 41.5 Å². The molecule has 0 spiro atoms. The third-order valence-electron chi connectivity index (χ3n) is 3.47. The van der Waals surface area contributed by atoms with E-state index in [4.69, 9.17) is 5.26 Å². The van der Waals surface area contributed by atoms with Gasteiger partial charge in [0.15, 0.2) is 5.78 Å². The second-order valence-electron chi connectivity index (χ2n) is 4.78. The highest BCUT2D eigenvalue weighted by molar-refractivity contribution is 6.04. The van der Waals surface area contributed by atoms with Crippen LogP contribution in [0.25, 0.3) is 6.08 Å². The zero-order chi connectivity index (χ0) is 12.8. The van der Waals surface area contributed by atoms with Crippen molar-refractivity contribution < 1.29 is 4.79 Å². The van der Waals surface area contributed by atoms with E-state index in [2.05, 4.69) is 6.07 Å². The van der Waals surface area contributed by atoms with Gasteiger partial charge in [0, 0.05) is 5.92 Å². The number of ketones is 1. The topological polar surface area (TPSA) is 40.9 Å². The second-order valence-corrected chi connectivity index (χ2v) is 4.78. The van der Waals surface area contributed by atoms with Crippen molar-refractivity contribution in [1.29, 1.82) is 5.26 Å². The Morgan fingerprint density at radius 3 is 2.44 bits per heavy atom. The first-order valence-electron chi connectivity index (χ1n) is 6.52. The molecule has 0 N–H and O–H groups in total. The molecule has 0 unspecified atom stereocenters. The molecule has 0 saturated heterocycles. The van der Waals surface area contributed by atoms with Gasteiger partial charge in [-0.3, -0.25) is 4.79 Å². The van der Waals surface area contributed by atoms with E-state index in [0.717, 1.165) is 31.2 Å². The van der Waals surface area contributed by atoms with Crippen LogP contribution in [-0.4, -0.2) is 5.78 Å². The zero-order valence-electron chi connectivity index (χ0n) is 10.4. The molecule has 18 heavy (non-hydrogen) atoms. The molecule has 0 bridgehead atoms. The van der Waals surface area contributed by atoms with Crippen molar-refractivity contribution in [1.82, 2.24) is 0 Å². The van der Waals surface area contributed by atoms with Gasteiger partial charge in [-0.1, -0.05) is 49.6 Å². The van der Waals surface area contributed by atoms with Gasteiger partial charge in [-0.2, -0.15) is 5.26 Å². The zero-order valence-corrected chi connectivity index (χ0v) is 10.4. The minimum Gasteiger partial charge on any atom is -0.293 e. The quantitative estimate of drug-likeness (QED) is 0.595. The van der Waals surface area contributed by atoms with Gasteiger partial charge in [0.2, 0.25) is 0 Å². The molecule has 1 saturated carbocycles. The predicted octanol–water partition coefficient (Wildman–Crippen LogP) is 3.74. The summed E-state index contributed by atoms with van der Waals surface area (Å²) in [7, 11) is 0. The molecule has 1 fully saturated rings. The Labute approximate surface area is 108 Å². The number of hydrogen-bond acceptors (Lipinski definition) is 2. The number of carbonyl (C=O) groups is 1. The molecule has 2 rings (SSSR count). The van der Waals surface area contributed by atoms with Gasteiger partial charge in [0.25, 0.3) is 0 Å². The largest absolute Gasteiger partial charge is 0.293 e. The third kappa shape index (κ3) is 3.07. The molecule has 2 heteroatoms. The number of allylic oxidation sites excluding steroid dienone is 1. The molecular formula is C16H17NO. The lowest BCUT2D eigenvalue weighted by Gasteiger charge is -2.19. The van der Waals surface area contributed by atoms with Crippen molar-refractivity contribution in [3.63, 3.8) is 0 Å². The molecular weight excluding hydrogens is 222 g/mol. The SMILES string of the molecule is N#CC(=Cc1ccccc1)C(=O)C1CCCCC1. The molecule has 0 aliphatic heterocycles. The van der Waals surface area contributed by atoms with Gasteiger partial charge in [0.05, 0.1) is 5.57 Å². The van der Waals surface area contributed by atoms with Crippen molar-refractivity contribution in [2.75, 3.05) is 0 Å². The Morgan fingerprint density at radius 2 is 1.83 bits per heavy atom. The van der Waals surface area contributed by atoms with E-state index >= 15 is 0 Å². The predicted molar refractivity (Wildman–Crippen MR) is 71.6 cm³/mol. The van der Waals surface area contributed by atoms with E-state index in [0.29, 0.717) is 5.57 Å². The molecule has 0 heterocycles. The van der Waals surface area contributed by atoms with Crippen LogP contribution < -0.4 is 0 Å². The minimum absolute atomic E-state index is 0.0288. The average molecular weight is 239 g/mol. The lowest BCUT2D eigenvalue weighted by molar-refractivity contribution is -0.119. The number of nitriles is 1. The van der Waals surface area contributed by atoms with E-state index in [1.807, 2.05) is 30.3 Å². The smallest absolute Gasteiger partial charge is 0.176 e. The van der Waals surface area contributed by atoms with Crippen molar-refractivity contribution in [2.24, 2.45) is 5.92 Å². The highest BCUT2D eigenvalue weighted by Gasteiger charge is 2.23. The van der Waals surface area contributed by atoms with Gasteiger partial charge in [0.1, 0.15) is 6.07 Å². The maximum atomic E-state index is 12.2. The van der Waals surface area contributed by atoms with Crippen LogP contribution in [0.2, 0.25) is 0 Å². The molecule has 1 aliphatic rings. The summed E-state index contributed by atoms with van der Waals surface area (Å²) in [6, 6.07) is 11.6. The van der Waals surface area contributed by atoms with E-state index in [-0.39, 0.29) is 11.7 Å². The first kappa shape index (κ1) is 12.6. The van der Waals surface area contributed by atoms with Crippen LogP contribution in [0.3, 0.4) is 0 Å². The van der Waals surface area contributed by atoms with Crippen LogP contribution in [0.15, 0.2) is 35.9 Å². The molecule has 1 aromatic carbocycles. The Balaban J connectivity index is 2.16. The van der Waals surface area contributed by atoms with Crippen LogP contribution in [0.1, 0.15) is 37.7 Å². The normalized spacial score (nSPS) is 17.2. The Bertz CT molecular complexity index is 476. The second kappa shape index (κ2) is 6.16. The molecule has 0 amide bonds. The molecule has 0 aromatic heterocycles. The van der Waals surface area contributed by atoms with Crippen molar-refractivity contribution in [2.45, 2.75) is 32.1 Å². The number of rotatable bonds is 3. The summed E-state index contributed by atoms with van der Waals surface area (Å²) in [5.74, 6) is 0.0921. The van der Waals surface area contributed by atoms with Crippen LogP contribution in [0, 0.1) is 17.2 Å². The van der Waals surface area contributed by atoms with E-state index in [1.54, 1.807) is 6.08 Å². The van der Waals surface area contributed by atoms with Gasteiger partial charge in [-0.25, -0.2) is 0 Å². The lowest BCUT2D eigenvalue weighted by atomic mass is 9.83.